The zero-order valence-corrected chi connectivity index (χ0v) is 14.5. The summed E-state index contributed by atoms with van der Waals surface area (Å²) < 4.78 is 12.0. The molecule has 124 valence electrons. The van der Waals surface area contributed by atoms with E-state index in [0.717, 1.165) is 25.7 Å². The zero-order valence-electron chi connectivity index (χ0n) is 14.5. The number of nitrogens with one attached hydrogen (secondary N) is 1. The maximum atomic E-state index is 6.31. The van der Waals surface area contributed by atoms with Gasteiger partial charge in [0.2, 0.25) is 0 Å². The molecular weight excluding hydrogens is 262 g/mol. The molecule has 2 fully saturated rings. The van der Waals surface area contributed by atoms with Crippen molar-refractivity contribution in [3.63, 3.8) is 0 Å². The van der Waals surface area contributed by atoms with Gasteiger partial charge in [-0.25, -0.2) is 0 Å². The molecule has 0 radical (unpaired) electrons. The van der Waals surface area contributed by atoms with Crippen LogP contribution in [0.25, 0.3) is 0 Å². The van der Waals surface area contributed by atoms with Crippen LogP contribution in [0, 0.1) is 11.3 Å². The van der Waals surface area contributed by atoms with E-state index >= 15 is 0 Å². The van der Waals surface area contributed by atoms with E-state index in [9.17, 15) is 0 Å². The van der Waals surface area contributed by atoms with E-state index in [-0.39, 0.29) is 0 Å². The van der Waals surface area contributed by atoms with E-state index in [1.165, 1.54) is 38.5 Å². The lowest BCUT2D eigenvalue weighted by Crippen LogP contribution is -2.48. The van der Waals surface area contributed by atoms with Gasteiger partial charge in [0.1, 0.15) is 0 Å². The van der Waals surface area contributed by atoms with Crippen molar-refractivity contribution in [2.45, 2.75) is 84.5 Å². The summed E-state index contributed by atoms with van der Waals surface area (Å²) in [7, 11) is 0. The number of hydrogen-bond acceptors (Lipinski definition) is 3. The molecule has 2 aliphatic rings. The molecule has 0 bridgehead atoms. The lowest BCUT2D eigenvalue weighted by Gasteiger charge is -2.42. The fourth-order valence-corrected chi connectivity index (χ4v) is 3.67. The monoisotopic (exact) mass is 297 g/mol. The normalized spacial score (nSPS) is 34.3. The highest BCUT2D eigenvalue weighted by Crippen LogP contribution is 2.39. The Morgan fingerprint density at radius 2 is 2.00 bits per heavy atom. The second-order valence-corrected chi connectivity index (χ2v) is 7.94. The van der Waals surface area contributed by atoms with Gasteiger partial charge in [0.05, 0.1) is 18.8 Å². The first-order valence-corrected chi connectivity index (χ1v) is 8.97. The average molecular weight is 297 g/mol. The Labute approximate surface area is 131 Å². The Morgan fingerprint density at radius 3 is 2.62 bits per heavy atom. The molecule has 0 aromatic carbocycles. The van der Waals surface area contributed by atoms with E-state index < -0.39 is 0 Å². The Balaban J connectivity index is 1.88. The van der Waals surface area contributed by atoms with Crippen LogP contribution in [0.5, 0.6) is 0 Å². The minimum Gasteiger partial charge on any atom is -0.376 e. The van der Waals surface area contributed by atoms with Crippen molar-refractivity contribution in [1.82, 2.24) is 5.32 Å². The summed E-state index contributed by atoms with van der Waals surface area (Å²) in [4.78, 5) is 0. The van der Waals surface area contributed by atoms with Crippen LogP contribution >= 0.6 is 0 Å². The van der Waals surface area contributed by atoms with Gasteiger partial charge in [0, 0.05) is 12.6 Å². The molecule has 0 aromatic heterocycles. The molecule has 0 spiro atoms. The zero-order chi connectivity index (χ0) is 15.3. The number of rotatable bonds is 6. The second-order valence-electron chi connectivity index (χ2n) is 7.94. The Hall–Kier alpha value is -0.120. The fourth-order valence-electron chi connectivity index (χ4n) is 3.67. The van der Waals surface area contributed by atoms with Gasteiger partial charge in [-0.15, -0.1) is 0 Å². The number of ether oxygens (including phenoxy) is 2. The van der Waals surface area contributed by atoms with E-state index in [0.29, 0.717) is 23.7 Å². The summed E-state index contributed by atoms with van der Waals surface area (Å²) in [5, 5.41) is 3.70. The van der Waals surface area contributed by atoms with Gasteiger partial charge in [-0.2, -0.15) is 0 Å². The van der Waals surface area contributed by atoms with Crippen molar-refractivity contribution in [2.24, 2.45) is 11.3 Å². The first-order valence-electron chi connectivity index (χ1n) is 8.97. The van der Waals surface area contributed by atoms with Crippen LogP contribution in [0.4, 0.5) is 0 Å². The van der Waals surface area contributed by atoms with Crippen molar-refractivity contribution < 1.29 is 9.47 Å². The molecule has 1 N–H and O–H groups in total. The lowest BCUT2D eigenvalue weighted by molar-refractivity contribution is -0.0637. The van der Waals surface area contributed by atoms with Gasteiger partial charge >= 0.3 is 0 Å². The minimum absolute atomic E-state index is 0.340. The first-order chi connectivity index (χ1) is 10.0. The summed E-state index contributed by atoms with van der Waals surface area (Å²) in [5.41, 5.74) is 0.390. The molecule has 1 aliphatic heterocycles. The van der Waals surface area contributed by atoms with Gasteiger partial charge in [0.25, 0.3) is 0 Å². The fraction of sp³-hybridized carbons (Fsp3) is 1.00. The third-order valence-corrected chi connectivity index (χ3v) is 5.19. The summed E-state index contributed by atoms with van der Waals surface area (Å²) in [6.07, 6.45) is 8.02. The Morgan fingerprint density at radius 1 is 1.19 bits per heavy atom. The largest absolute Gasteiger partial charge is 0.376 e. The molecule has 1 saturated carbocycles. The molecule has 3 heteroatoms. The highest BCUT2D eigenvalue weighted by atomic mass is 16.5. The third kappa shape index (κ3) is 5.22. The van der Waals surface area contributed by atoms with Gasteiger partial charge in [0.15, 0.2) is 0 Å². The van der Waals surface area contributed by atoms with Crippen LogP contribution in [0.15, 0.2) is 0 Å². The van der Waals surface area contributed by atoms with Crippen molar-refractivity contribution in [3.05, 3.63) is 0 Å². The van der Waals surface area contributed by atoms with Gasteiger partial charge in [-0.1, -0.05) is 27.7 Å². The summed E-state index contributed by atoms with van der Waals surface area (Å²) >= 11 is 0. The SMILES string of the molecule is CCCNC1CCC(C(C)(C)C)CC1OCC1CCCO1. The van der Waals surface area contributed by atoms with Gasteiger partial charge < -0.3 is 14.8 Å². The van der Waals surface area contributed by atoms with Crippen LogP contribution in [0.3, 0.4) is 0 Å². The van der Waals surface area contributed by atoms with Crippen molar-refractivity contribution in [1.29, 1.82) is 0 Å². The van der Waals surface area contributed by atoms with E-state index in [4.69, 9.17) is 9.47 Å². The molecule has 21 heavy (non-hydrogen) atoms. The van der Waals surface area contributed by atoms with Crippen molar-refractivity contribution in [3.8, 4) is 0 Å². The lowest BCUT2D eigenvalue weighted by atomic mass is 9.70. The van der Waals surface area contributed by atoms with Crippen LogP contribution < -0.4 is 5.32 Å². The van der Waals surface area contributed by atoms with Gasteiger partial charge in [-0.05, 0) is 56.4 Å². The van der Waals surface area contributed by atoms with Gasteiger partial charge in [-0.3, -0.25) is 0 Å². The summed E-state index contributed by atoms with van der Waals surface area (Å²) in [6, 6.07) is 0.532. The van der Waals surface area contributed by atoms with Crippen molar-refractivity contribution in [2.75, 3.05) is 19.8 Å². The van der Waals surface area contributed by atoms with E-state index in [1.807, 2.05) is 0 Å². The van der Waals surface area contributed by atoms with E-state index in [1.54, 1.807) is 0 Å². The maximum Gasteiger partial charge on any atom is 0.0809 e. The van der Waals surface area contributed by atoms with Crippen LogP contribution in [0.2, 0.25) is 0 Å². The Kier molecular flexibility index (Phi) is 6.51. The Bertz CT molecular complexity index is 294. The molecule has 2 rings (SSSR count). The predicted octanol–water partition coefficient (Wildman–Crippen LogP) is 3.77. The predicted molar refractivity (Wildman–Crippen MR) is 87.6 cm³/mol. The first kappa shape index (κ1) is 17.2. The highest BCUT2D eigenvalue weighted by molar-refractivity contribution is 4.90. The maximum absolute atomic E-state index is 6.31. The summed E-state index contributed by atoms with van der Waals surface area (Å²) in [6.45, 7) is 12.1. The molecular formula is C18H35NO2. The molecule has 4 atom stereocenters. The molecule has 0 amide bonds. The second kappa shape index (κ2) is 7.94. The molecule has 0 aromatic rings. The quantitative estimate of drug-likeness (QED) is 0.809. The van der Waals surface area contributed by atoms with Crippen LogP contribution in [-0.4, -0.2) is 38.0 Å². The molecule has 4 unspecified atom stereocenters. The highest BCUT2D eigenvalue weighted by Gasteiger charge is 2.36. The average Bonchev–Trinajstić information content (AvgIpc) is 2.95. The molecule has 1 heterocycles. The number of hydrogen-bond donors (Lipinski definition) is 1. The van der Waals surface area contributed by atoms with Crippen LogP contribution in [0.1, 0.15) is 66.2 Å². The molecule has 1 aliphatic carbocycles. The molecule has 1 saturated heterocycles. The third-order valence-electron chi connectivity index (χ3n) is 5.19. The standard InChI is InChI=1S/C18H35NO2/c1-5-10-19-16-9-8-14(18(2,3)4)12-17(16)21-13-15-7-6-11-20-15/h14-17,19H,5-13H2,1-4H3. The summed E-state index contributed by atoms with van der Waals surface area (Å²) in [5.74, 6) is 0.770. The van der Waals surface area contributed by atoms with Crippen molar-refractivity contribution >= 4 is 0 Å². The topological polar surface area (TPSA) is 30.5 Å². The van der Waals surface area contributed by atoms with E-state index in [2.05, 4.69) is 33.0 Å². The minimum atomic E-state index is 0.340. The van der Waals surface area contributed by atoms with Crippen LogP contribution in [-0.2, 0) is 9.47 Å². The smallest absolute Gasteiger partial charge is 0.0809 e. The molecule has 3 nitrogen and oxygen atoms in total.